The molecule has 23 heavy (non-hydrogen) atoms. The second kappa shape index (κ2) is 7.59. The minimum absolute atomic E-state index is 0.0297. The van der Waals surface area contributed by atoms with E-state index >= 15 is 0 Å². The summed E-state index contributed by atoms with van der Waals surface area (Å²) < 4.78 is 5.24. The molecule has 0 aliphatic heterocycles. The SMILES string of the molecule is CC(O)CN(CC(=O)OC(C)(C)C)C(=O)c1cc(C(C)C)[nH]n1. The number of carbonyl (C=O) groups excluding carboxylic acids is 2. The zero-order valence-electron chi connectivity index (χ0n) is 14.7. The lowest BCUT2D eigenvalue weighted by Gasteiger charge is -2.25. The Hall–Kier alpha value is -1.89. The molecule has 0 saturated carbocycles. The van der Waals surface area contributed by atoms with Crippen molar-refractivity contribution in [2.24, 2.45) is 0 Å². The third kappa shape index (κ3) is 6.40. The molecule has 1 unspecified atom stereocenters. The van der Waals surface area contributed by atoms with Crippen LogP contribution in [-0.4, -0.2) is 56.9 Å². The second-order valence-electron chi connectivity index (χ2n) is 6.98. The first-order chi connectivity index (χ1) is 10.5. The van der Waals surface area contributed by atoms with Crippen molar-refractivity contribution in [1.82, 2.24) is 15.1 Å². The van der Waals surface area contributed by atoms with Gasteiger partial charge in [-0.05, 0) is 39.7 Å². The third-order valence-corrected chi connectivity index (χ3v) is 2.95. The molecule has 7 heteroatoms. The Morgan fingerprint density at radius 2 is 1.96 bits per heavy atom. The third-order valence-electron chi connectivity index (χ3n) is 2.95. The number of aromatic nitrogens is 2. The Morgan fingerprint density at radius 1 is 1.35 bits per heavy atom. The molecule has 0 saturated heterocycles. The van der Waals surface area contributed by atoms with Gasteiger partial charge in [0.2, 0.25) is 0 Å². The Morgan fingerprint density at radius 3 is 2.39 bits per heavy atom. The fraction of sp³-hybridized carbons (Fsp3) is 0.688. The summed E-state index contributed by atoms with van der Waals surface area (Å²) in [6.45, 7) is 10.6. The Bertz CT molecular complexity index is 544. The van der Waals surface area contributed by atoms with Crippen LogP contribution < -0.4 is 0 Å². The highest BCUT2D eigenvalue weighted by molar-refractivity contribution is 5.94. The van der Waals surface area contributed by atoms with Crippen molar-refractivity contribution in [3.8, 4) is 0 Å². The number of H-pyrrole nitrogens is 1. The van der Waals surface area contributed by atoms with Crippen molar-refractivity contribution in [3.63, 3.8) is 0 Å². The number of rotatable bonds is 6. The van der Waals surface area contributed by atoms with Gasteiger partial charge in [-0.15, -0.1) is 0 Å². The Kier molecular flexibility index (Phi) is 6.32. The van der Waals surface area contributed by atoms with Crippen LogP contribution in [0.4, 0.5) is 0 Å². The molecule has 1 aromatic heterocycles. The van der Waals surface area contributed by atoms with Gasteiger partial charge in [0.25, 0.3) is 5.91 Å². The van der Waals surface area contributed by atoms with E-state index in [1.807, 2.05) is 13.8 Å². The van der Waals surface area contributed by atoms with Crippen molar-refractivity contribution < 1.29 is 19.4 Å². The summed E-state index contributed by atoms with van der Waals surface area (Å²) in [5.74, 6) is -0.730. The highest BCUT2D eigenvalue weighted by Crippen LogP contribution is 2.14. The summed E-state index contributed by atoms with van der Waals surface area (Å²) in [5.41, 5.74) is 0.425. The Balaban J connectivity index is 2.87. The molecule has 1 rings (SSSR count). The van der Waals surface area contributed by atoms with Crippen molar-refractivity contribution in [2.75, 3.05) is 13.1 Å². The van der Waals surface area contributed by atoms with Gasteiger partial charge in [0.1, 0.15) is 17.8 Å². The Labute approximate surface area is 137 Å². The van der Waals surface area contributed by atoms with E-state index in [-0.39, 0.29) is 24.7 Å². The molecular formula is C16H27N3O4. The number of hydrogen-bond acceptors (Lipinski definition) is 5. The van der Waals surface area contributed by atoms with Gasteiger partial charge in [-0.1, -0.05) is 13.8 Å². The van der Waals surface area contributed by atoms with Crippen LogP contribution in [0.25, 0.3) is 0 Å². The number of aliphatic hydroxyl groups is 1. The van der Waals surface area contributed by atoms with E-state index in [1.54, 1.807) is 33.8 Å². The average Bonchev–Trinajstić information content (AvgIpc) is 2.83. The van der Waals surface area contributed by atoms with Gasteiger partial charge in [0.05, 0.1) is 6.10 Å². The molecule has 0 bridgehead atoms. The van der Waals surface area contributed by atoms with E-state index < -0.39 is 23.6 Å². The summed E-state index contributed by atoms with van der Waals surface area (Å²) in [7, 11) is 0. The number of ether oxygens (including phenoxy) is 1. The first kappa shape index (κ1) is 19.2. The van der Waals surface area contributed by atoms with Crippen LogP contribution in [0.15, 0.2) is 6.07 Å². The fourth-order valence-electron chi connectivity index (χ4n) is 1.97. The van der Waals surface area contributed by atoms with Gasteiger partial charge in [-0.3, -0.25) is 14.7 Å². The van der Waals surface area contributed by atoms with E-state index in [2.05, 4.69) is 10.2 Å². The summed E-state index contributed by atoms with van der Waals surface area (Å²) in [5, 5.41) is 16.4. The minimum atomic E-state index is -0.759. The van der Waals surface area contributed by atoms with Crippen LogP contribution in [0.1, 0.15) is 63.6 Å². The quantitative estimate of drug-likeness (QED) is 0.776. The maximum Gasteiger partial charge on any atom is 0.326 e. The molecule has 0 radical (unpaired) electrons. The monoisotopic (exact) mass is 325 g/mol. The predicted octanol–water partition coefficient (Wildman–Crippen LogP) is 1.70. The number of carbonyl (C=O) groups is 2. The molecule has 0 spiro atoms. The minimum Gasteiger partial charge on any atom is -0.459 e. The van der Waals surface area contributed by atoms with Crippen LogP contribution in [0.2, 0.25) is 0 Å². The number of aliphatic hydroxyl groups excluding tert-OH is 1. The summed E-state index contributed by atoms with van der Waals surface area (Å²) in [4.78, 5) is 25.8. The zero-order valence-corrected chi connectivity index (χ0v) is 14.7. The number of amides is 1. The topological polar surface area (TPSA) is 95.5 Å². The number of esters is 1. The van der Waals surface area contributed by atoms with Gasteiger partial charge in [0.15, 0.2) is 0 Å². The lowest BCUT2D eigenvalue weighted by molar-refractivity contribution is -0.155. The smallest absolute Gasteiger partial charge is 0.326 e. The summed E-state index contributed by atoms with van der Waals surface area (Å²) >= 11 is 0. The highest BCUT2D eigenvalue weighted by Gasteiger charge is 2.25. The van der Waals surface area contributed by atoms with Crippen LogP contribution in [0.5, 0.6) is 0 Å². The number of aromatic amines is 1. The van der Waals surface area contributed by atoms with E-state index in [9.17, 15) is 14.7 Å². The van der Waals surface area contributed by atoms with E-state index in [0.717, 1.165) is 5.69 Å². The maximum atomic E-state index is 12.5. The van der Waals surface area contributed by atoms with Crippen molar-refractivity contribution in [1.29, 1.82) is 0 Å². The van der Waals surface area contributed by atoms with Gasteiger partial charge >= 0.3 is 5.97 Å². The molecule has 1 heterocycles. The van der Waals surface area contributed by atoms with E-state index in [0.29, 0.717) is 0 Å². The van der Waals surface area contributed by atoms with E-state index in [1.165, 1.54) is 4.90 Å². The second-order valence-corrected chi connectivity index (χ2v) is 6.98. The molecule has 7 nitrogen and oxygen atoms in total. The van der Waals surface area contributed by atoms with E-state index in [4.69, 9.17) is 4.74 Å². The van der Waals surface area contributed by atoms with Crippen LogP contribution in [-0.2, 0) is 9.53 Å². The van der Waals surface area contributed by atoms with Gasteiger partial charge in [-0.25, -0.2) is 0 Å². The lowest BCUT2D eigenvalue weighted by atomic mass is 10.1. The maximum absolute atomic E-state index is 12.5. The van der Waals surface area contributed by atoms with Crippen molar-refractivity contribution in [3.05, 3.63) is 17.5 Å². The molecule has 1 amide bonds. The molecule has 0 aliphatic carbocycles. The zero-order chi connectivity index (χ0) is 17.8. The van der Waals surface area contributed by atoms with Gasteiger partial charge < -0.3 is 14.7 Å². The number of nitrogens with zero attached hydrogens (tertiary/aromatic N) is 2. The standard InChI is InChI=1S/C16H27N3O4/c1-10(2)12-7-13(18-17-12)15(22)19(8-11(3)20)9-14(21)23-16(4,5)6/h7,10-11,20H,8-9H2,1-6H3,(H,17,18). The molecule has 2 N–H and O–H groups in total. The highest BCUT2D eigenvalue weighted by atomic mass is 16.6. The first-order valence-electron chi connectivity index (χ1n) is 7.74. The predicted molar refractivity (Wildman–Crippen MR) is 86.1 cm³/mol. The van der Waals surface area contributed by atoms with Crippen molar-refractivity contribution in [2.45, 2.75) is 59.2 Å². The molecule has 1 aromatic rings. The van der Waals surface area contributed by atoms with Crippen LogP contribution >= 0.6 is 0 Å². The van der Waals surface area contributed by atoms with Gasteiger partial charge in [0, 0.05) is 12.2 Å². The molecule has 130 valence electrons. The fourth-order valence-corrected chi connectivity index (χ4v) is 1.97. The molecular weight excluding hydrogens is 298 g/mol. The number of hydrogen-bond donors (Lipinski definition) is 2. The molecule has 0 aromatic carbocycles. The molecule has 1 atom stereocenters. The average molecular weight is 325 g/mol. The first-order valence-corrected chi connectivity index (χ1v) is 7.74. The summed E-state index contributed by atoms with van der Waals surface area (Å²) in [6.07, 6.45) is -0.759. The van der Waals surface area contributed by atoms with Gasteiger partial charge in [-0.2, -0.15) is 5.10 Å². The lowest BCUT2D eigenvalue weighted by Crippen LogP contribution is -2.42. The van der Waals surface area contributed by atoms with Crippen LogP contribution in [0.3, 0.4) is 0 Å². The van der Waals surface area contributed by atoms with Crippen molar-refractivity contribution >= 4 is 11.9 Å². The largest absolute Gasteiger partial charge is 0.459 e. The summed E-state index contributed by atoms with van der Waals surface area (Å²) in [6, 6.07) is 1.66. The number of nitrogens with one attached hydrogen (secondary N) is 1. The molecule has 0 fully saturated rings. The van der Waals surface area contributed by atoms with Crippen LogP contribution in [0, 0.1) is 0 Å². The molecule has 0 aliphatic rings. The normalized spacial score (nSPS) is 13.0.